The second kappa shape index (κ2) is 7.82. The van der Waals surface area contributed by atoms with Crippen LogP contribution in [-0.4, -0.2) is 30.4 Å². The summed E-state index contributed by atoms with van der Waals surface area (Å²) in [5.41, 5.74) is 0.424. The van der Waals surface area contributed by atoms with Gasteiger partial charge in [-0.15, -0.1) is 13.2 Å². The number of aromatic nitrogens is 1. The van der Waals surface area contributed by atoms with Crippen molar-refractivity contribution in [1.29, 1.82) is 0 Å². The first kappa shape index (κ1) is 17.8. The highest BCUT2D eigenvalue weighted by Crippen LogP contribution is 2.24. The summed E-state index contributed by atoms with van der Waals surface area (Å²) in [5.74, 6) is -0.266. The average molecular weight is 358 g/mol. The lowest BCUT2D eigenvalue weighted by Gasteiger charge is -2.10. The Balaban J connectivity index is 1.76. The number of pyridine rings is 1. The molecule has 9 heteroatoms. The Morgan fingerprint density at radius 3 is 2.46 bits per heavy atom. The fraction of sp³-hybridized carbons (Fsp3) is 0.200. The zero-order valence-corrected chi connectivity index (χ0v) is 13.0. The molecular formula is C15H13F3N2O3S. The van der Waals surface area contributed by atoms with E-state index in [-0.39, 0.29) is 24.8 Å². The van der Waals surface area contributed by atoms with Gasteiger partial charge in [-0.1, -0.05) is 12.2 Å². The van der Waals surface area contributed by atoms with Crippen molar-refractivity contribution in [2.75, 3.05) is 13.2 Å². The van der Waals surface area contributed by atoms with Gasteiger partial charge in [0.25, 0.3) is 5.91 Å². The molecule has 0 fully saturated rings. The largest absolute Gasteiger partial charge is 0.573 e. The van der Waals surface area contributed by atoms with E-state index in [4.69, 9.17) is 17.0 Å². The molecule has 0 radical (unpaired) electrons. The van der Waals surface area contributed by atoms with Gasteiger partial charge in [0.2, 0.25) is 0 Å². The predicted octanol–water partition coefficient (Wildman–Crippen LogP) is 3.45. The van der Waals surface area contributed by atoms with Crippen LogP contribution in [0.2, 0.25) is 0 Å². The summed E-state index contributed by atoms with van der Waals surface area (Å²) in [6, 6.07) is 8.11. The average Bonchev–Trinajstić information content (AvgIpc) is 2.51. The Kier molecular flexibility index (Phi) is 5.80. The van der Waals surface area contributed by atoms with Crippen molar-refractivity contribution in [3.8, 4) is 11.5 Å². The second-order valence-corrected chi connectivity index (χ2v) is 5.00. The summed E-state index contributed by atoms with van der Waals surface area (Å²) >= 11 is 4.92. The fourth-order valence-electron chi connectivity index (χ4n) is 1.76. The first-order valence-electron chi connectivity index (χ1n) is 6.79. The second-order valence-electron chi connectivity index (χ2n) is 4.57. The summed E-state index contributed by atoms with van der Waals surface area (Å²) in [6.45, 7) is 0.385. The van der Waals surface area contributed by atoms with Crippen molar-refractivity contribution in [2.45, 2.75) is 6.36 Å². The lowest BCUT2D eigenvalue weighted by atomic mass is 10.2. The molecule has 1 amide bonds. The van der Waals surface area contributed by atoms with E-state index in [1.807, 2.05) is 0 Å². The maximum atomic E-state index is 12.0. The van der Waals surface area contributed by atoms with E-state index in [0.717, 1.165) is 12.1 Å². The summed E-state index contributed by atoms with van der Waals surface area (Å²) in [5, 5.41) is 2.64. The maximum Gasteiger partial charge on any atom is 0.573 e. The number of hydrogen-bond acceptors (Lipinski definition) is 4. The number of aromatic amines is 1. The lowest BCUT2D eigenvalue weighted by molar-refractivity contribution is -0.274. The fourth-order valence-corrected chi connectivity index (χ4v) is 1.95. The van der Waals surface area contributed by atoms with Crippen LogP contribution in [-0.2, 0) is 0 Å². The number of benzene rings is 1. The van der Waals surface area contributed by atoms with Crippen LogP contribution in [0.4, 0.5) is 13.2 Å². The van der Waals surface area contributed by atoms with Crippen molar-refractivity contribution in [2.24, 2.45) is 0 Å². The summed E-state index contributed by atoms with van der Waals surface area (Å²) < 4.78 is 45.6. The zero-order valence-electron chi connectivity index (χ0n) is 12.2. The molecule has 0 atom stereocenters. The van der Waals surface area contributed by atoms with Gasteiger partial charge >= 0.3 is 6.36 Å². The number of H-pyrrole nitrogens is 1. The Morgan fingerprint density at radius 1 is 1.17 bits per heavy atom. The molecule has 0 saturated carbocycles. The molecule has 2 N–H and O–H groups in total. The van der Waals surface area contributed by atoms with Crippen molar-refractivity contribution in [3.63, 3.8) is 0 Å². The normalized spacial score (nSPS) is 11.0. The molecular weight excluding hydrogens is 345 g/mol. The van der Waals surface area contributed by atoms with Crippen molar-refractivity contribution in [1.82, 2.24) is 10.3 Å². The monoisotopic (exact) mass is 358 g/mol. The predicted molar refractivity (Wildman–Crippen MR) is 82.6 cm³/mol. The molecule has 1 aromatic carbocycles. The number of carbonyl (C=O) groups excluding carboxylic acids is 1. The molecule has 0 unspecified atom stereocenters. The van der Waals surface area contributed by atoms with Crippen molar-refractivity contribution < 1.29 is 27.4 Å². The molecule has 0 spiro atoms. The van der Waals surface area contributed by atoms with E-state index < -0.39 is 6.36 Å². The van der Waals surface area contributed by atoms with Crippen LogP contribution < -0.4 is 14.8 Å². The van der Waals surface area contributed by atoms with E-state index >= 15 is 0 Å². The van der Waals surface area contributed by atoms with E-state index in [0.29, 0.717) is 16.0 Å². The topological polar surface area (TPSA) is 63.4 Å². The molecule has 0 aliphatic rings. The Labute approximate surface area is 140 Å². The van der Waals surface area contributed by atoms with Gasteiger partial charge in [-0.25, -0.2) is 0 Å². The van der Waals surface area contributed by atoms with Crippen LogP contribution in [0.5, 0.6) is 11.5 Å². The number of hydrogen-bond donors (Lipinski definition) is 2. The van der Waals surface area contributed by atoms with E-state index in [2.05, 4.69) is 15.0 Å². The van der Waals surface area contributed by atoms with Crippen LogP contribution in [0, 0.1) is 4.64 Å². The molecule has 1 aromatic heterocycles. The third-order valence-corrected chi connectivity index (χ3v) is 2.99. The highest BCUT2D eigenvalue weighted by molar-refractivity contribution is 7.71. The van der Waals surface area contributed by atoms with E-state index in [9.17, 15) is 18.0 Å². The third kappa shape index (κ3) is 5.92. The van der Waals surface area contributed by atoms with Gasteiger partial charge in [-0.2, -0.15) is 0 Å². The number of carbonyl (C=O) groups is 1. The van der Waals surface area contributed by atoms with Gasteiger partial charge in [-0.05, 0) is 36.4 Å². The number of alkyl halides is 3. The molecule has 0 saturated heterocycles. The van der Waals surface area contributed by atoms with E-state index in [1.165, 1.54) is 18.2 Å². The quantitative estimate of drug-likeness (QED) is 0.613. The zero-order chi connectivity index (χ0) is 17.6. The summed E-state index contributed by atoms with van der Waals surface area (Å²) in [7, 11) is 0. The van der Waals surface area contributed by atoms with Gasteiger partial charge in [0, 0.05) is 11.8 Å². The van der Waals surface area contributed by atoms with Crippen molar-refractivity contribution in [3.05, 3.63) is 52.8 Å². The van der Waals surface area contributed by atoms with Gasteiger partial charge < -0.3 is 19.8 Å². The number of halogens is 3. The minimum absolute atomic E-state index is 0.158. The highest BCUT2D eigenvalue weighted by atomic mass is 32.1. The third-order valence-electron chi connectivity index (χ3n) is 2.75. The van der Waals surface area contributed by atoms with Gasteiger partial charge in [-0.3, -0.25) is 4.79 Å². The number of nitrogens with one attached hydrogen (secondary N) is 2. The number of amides is 1. The SMILES string of the molecule is O=C(NCCOc1ccc(OC(F)(F)F)cc1)c1cc[nH]c(=S)c1. The van der Waals surface area contributed by atoms with Crippen LogP contribution in [0.25, 0.3) is 0 Å². The first-order chi connectivity index (χ1) is 11.3. The standard InChI is InChI=1S/C15H13F3N2O3S/c16-15(17,18)23-12-3-1-11(2-4-12)22-8-7-20-14(21)10-5-6-19-13(24)9-10/h1-6,9H,7-8H2,(H,19,24)(H,20,21). The lowest BCUT2D eigenvalue weighted by Crippen LogP contribution is -2.28. The smallest absolute Gasteiger partial charge is 0.492 e. The molecule has 5 nitrogen and oxygen atoms in total. The highest BCUT2D eigenvalue weighted by Gasteiger charge is 2.30. The van der Waals surface area contributed by atoms with Gasteiger partial charge in [0.1, 0.15) is 22.7 Å². The number of rotatable bonds is 6. The van der Waals surface area contributed by atoms with E-state index in [1.54, 1.807) is 12.3 Å². The molecule has 2 rings (SSSR count). The summed E-state index contributed by atoms with van der Waals surface area (Å²) in [4.78, 5) is 14.6. The van der Waals surface area contributed by atoms with Crippen LogP contribution in [0.15, 0.2) is 42.6 Å². The molecule has 128 valence electrons. The maximum absolute atomic E-state index is 12.0. The Hall–Kier alpha value is -2.55. The molecule has 1 heterocycles. The molecule has 0 aliphatic heterocycles. The minimum atomic E-state index is -4.73. The summed E-state index contributed by atoms with van der Waals surface area (Å²) in [6.07, 6.45) is -3.16. The number of ether oxygens (including phenoxy) is 2. The molecule has 0 bridgehead atoms. The Morgan fingerprint density at radius 2 is 1.83 bits per heavy atom. The van der Waals surface area contributed by atoms with Gasteiger partial charge in [0.05, 0.1) is 6.54 Å². The molecule has 2 aromatic rings. The molecule has 24 heavy (non-hydrogen) atoms. The first-order valence-corrected chi connectivity index (χ1v) is 7.20. The van der Waals surface area contributed by atoms with Gasteiger partial charge in [0.15, 0.2) is 0 Å². The molecule has 0 aliphatic carbocycles. The van der Waals surface area contributed by atoms with Crippen LogP contribution >= 0.6 is 12.2 Å². The van der Waals surface area contributed by atoms with Crippen LogP contribution in [0.3, 0.4) is 0 Å². The minimum Gasteiger partial charge on any atom is -0.492 e. The Bertz CT molecular complexity index is 745. The van der Waals surface area contributed by atoms with Crippen molar-refractivity contribution >= 4 is 18.1 Å². The van der Waals surface area contributed by atoms with Crippen LogP contribution in [0.1, 0.15) is 10.4 Å².